The second-order valence-electron chi connectivity index (χ2n) is 5.34. The van der Waals surface area contributed by atoms with Gasteiger partial charge in [-0.3, -0.25) is 14.9 Å². The lowest BCUT2D eigenvalue weighted by atomic mass is 10.1. The van der Waals surface area contributed by atoms with Gasteiger partial charge in [-0.2, -0.15) is 0 Å². The Morgan fingerprint density at radius 1 is 1.19 bits per heavy atom. The van der Waals surface area contributed by atoms with Gasteiger partial charge in [-0.1, -0.05) is 15.9 Å². The molecule has 2 N–H and O–H groups in total. The standard InChI is InChI=1S/C17H16BrN3O5/c1-10-7-11(18)3-5-14(10)20-16(22)9-19-15-6-4-12(21(24)25)8-13(15)17(23)26-2/h3-8,19H,9H2,1-2H3,(H,20,22). The molecule has 26 heavy (non-hydrogen) atoms. The molecule has 0 radical (unpaired) electrons. The fraction of sp³-hybridized carbons (Fsp3) is 0.176. The lowest BCUT2D eigenvalue weighted by Crippen LogP contribution is -2.23. The van der Waals surface area contributed by atoms with Crippen LogP contribution in [0.25, 0.3) is 0 Å². The van der Waals surface area contributed by atoms with Gasteiger partial charge in [0.15, 0.2) is 0 Å². The lowest BCUT2D eigenvalue weighted by molar-refractivity contribution is -0.384. The molecule has 0 saturated carbocycles. The Balaban J connectivity index is 2.11. The van der Waals surface area contributed by atoms with E-state index in [0.29, 0.717) is 5.69 Å². The number of hydrogen-bond donors (Lipinski definition) is 2. The first-order chi connectivity index (χ1) is 12.3. The van der Waals surface area contributed by atoms with Crippen molar-refractivity contribution in [3.8, 4) is 0 Å². The molecule has 0 aliphatic rings. The molecule has 2 aromatic carbocycles. The minimum atomic E-state index is -0.736. The van der Waals surface area contributed by atoms with Crippen molar-refractivity contribution >= 4 is 44.9 Å². The van der Waals surface area contributed by atoms with E-state index in [9.17, 15) is 19.7 Å². The van der Waals surface area contributed by atoms with Crippen LogP contribution in [0, 0.1) is 17.0 Å². The number of anilines is 2. The van der Waals surface area contributed by atoms with E-state index in [-0.39, 0.29) is 29.4 Å². The quantitative estimate of drug-likeness (QED) is 0.419. The predicted molar refractivity (Wildman–Crippen MR) is 100 cm³/mol. The van der Waals surface area contributed by atoms with E-state index in [1.54, 1.807) is 6.07 Å². The number of nitro groups is 1. The van der Waals surface area contributed by atoms with Crippen LogP contribution in [-0.4, -0.2) is 30.5 Å². The number of nitrogens with one attached hydrogen (secondary N) is 2. The van der Waals surface area contributed by atoms with Crippen LogP contribution in [0.2, 0.25) is 0 Å². The van der Waals surface area contributed by atoms with Crippen molar-refractivity contribution in [1.82, 2.24) is 0 Å². The summed E-state index contributed by atoms with van der Waals surface area (Å²) in [6.07, 6.45) is 0. The van der Waals surface area contributed by atoms with Crippen LogP contribution in [0.1, 0.15) is 15.9 Å². The number of rotatable bonds is 6. The Morgan fingerprint density at radius 3 is 2.50 bits per heavy atom. The van der Waals surface area contributed by atoms with Crippen molar-refractivity contribution in [3.63, 3.8) is 0 Å². The summed E-state index contributed by atoms with van der Waals surface area (Å²) < 4.78 is 5.54. The fourth-order valence-corrected chi connectivity index (χ4v) is 2.69. The monoisotopic (exact) mass is 421 g/mol. The largest absolute Gasteiger partial charge is 0.465 e. The van der Waals surface area contributed by atoms with Gasteiger partial charge < -0.3 is 15.4 Å². The fourth-order valence-electron chi connectivity index (χ4n) is 2.22. The predicted octanol–water partition coefficient (Wildman–Crippen LogP) is 3.50. The normalized spacial score (nSPS) is 10.1. The van der Waals surface area contributed by atoms with Crippen LogP contribution in [0.3, 0.4) is 0 Å². The first-order valence-corrected chi connectivity index (χ1v) is 8.27. The maximum atomic E-state index is 12.1. The highest BCUT2D eigenvalue weighted by molar-refractivity contribution is 9.10. The van der Waals surface area contributed by atoms with Gasteiger partial charge >= 0.3 is 5.97 Å². The van der Waals surface area contributed by atoms with Crippen LogP contribution < -0.4 is 10.6 Å². The third kappa shape index (κ3) is 4.79. The number of non-ortho nitro benzene ring substituents is 1. The number of ether oxygens (including phenoxy) is 1. The van der Waals surface area contributed by atoms with Gasteiger partial charge in [0, 0.05) is 28.0 Å². The third-order valence-corrected chi connectivity index (χ3v) is 4.01. The molecular formula is C17H16BrN3O5. The summed E-state index contributed by atoms with van der Waals surface area (Å²) >= 11 is 3.35. The van der Waals surface area contributed by atoms with Crippen LogP contribution in [0.15, 0.2) is 40.9 Å². The summed E-state index contributed by atoms with van der Waals surface area (Å²) in [5, 5.41) is 16.4. The van der Waals surface area contributed by atoms with Crippen molar-refractivity contribution in [2.75, 3.05) is 24.3 Å². The number of esters is 1. The molecule has 0 spiro atoms. The Morgan fingerprint density at radius 2 is 1.88 bits per heavy atom. The summed E-state index contributed by atoms with van der Waals surface area (Å²) in [6.45, 7) is 1.73. The topological polar surface area (TPSA) is 111 Å². The summed E-state index contributed by atoms with van der Waals surface area (Å²) in [4.78, 5) is 34.2. The van der Waals surface area contributed by atoms with Crippen LogP contribution in [-0.2, 0) is 9.53 Å². The summed E-state index contributed by atoms with van der Waals surface area (Å²) in [5.74, 6) is -1.06. The van der Waals surface area contributed by atoms with E-state index < -0.39 is 10.9 Å². The molecule has 1 amide bonds. The zero-order chi connectivity index (χ0) is 19.3. The zero-order valence-electron chi connectivity index (χ0n) is 14.0. The Hall–Kier alpha value is -2.94. The van der Waals surface area contributed by atoms with Crippen molar-refractivity contribution < 1.29 is 19.2 Å². The van der Waals surface area contributed by atoms with E-state index in [4.69, 9.17) is 0 Å². The number of methoxy groups -OCH3 is 1. The van der Waals surface area contributed by atoms with Gasteiger partial charge in [-0.05, 0) is 36.8 Å². The number of carbonyl (C=O) groups excluding carboxylic acids is 2. The third-order valence-electron chi connectivity index (χ3n) is 3.52. The highest BCUT2D eigenvalue weighted by Crippen LogP contribution is 2.23. The number of halogens is 1. The van der Waals surface area contributed by atoms with Crippen molar-refractivity contribution in [3.05, 3.63) is 62.1 Å². The van der Waals surface area contributed by atoms with Gasteiger partial charge in [0.05, 0.1) is 24.1 Å². The zero-order valence-corrected chi connectivity index (χ0v) is 15.6. The molecule has 0 atom stereocenters. The van der Waals surface area contributed by atoms with E-state index >= 15 is 0 Å². The van der Waals surface area contributed by atoms with E-state index in [1.807, 2.05) is 19.1 Å². The van der Waals surface area contributed by atoms with Crippen LogP contribution in [0.5, 0.6) is 0 Å². The first kappa shape index (κ1) is 19.4. The van der Waals surface area contributed by atoms with E-state index in [0.717, 1.165) is 16.1 Å². The molecule has 8 nitrogen and oxygen atoms in total. The molecular weight excluding hydrogens is 406 g/mol. The summed E-state index contributed by atoms with van der Waals surface area (Å²) in [5.41, 5.74) is 1.56. The maximum absolute atomic E-state index is 12.1. The minimum Gasteiger partial charge on any atom is -0.465 e. The minimum absolute atomic E-state index is 0.0191. The number of aryl methyl sites for hydroxylation is 1. The molecule has 2 aromatic rings. The van der Waals surface area contributed by atoms with Gasteiger partial charge in [0.1, 0.15) is 0 Å². The summed E-state index contributed by atoms with van der Waals surface area (Å²) in [7, 11) is 1.17. The molecule has 9 heteroatoms. The Kier molecular flexibility index (Phi) is 6.29. The molecule has 2 rings (SSSR count). The molecule has 0 unspecified atom stereocenters. The van der Waals surface area contributed by atoms with Gasteiger partial charge in [-0.25, -0.2) is 4.79 Å². The lowest BCUT2D eigenvalue weighted by Gasteiger charge is -2.12. The average Bonchev–Trinajstić information content (AvgIpc) is 2.61. The number of hydrogen-bond acceptors (Lipinski definition) is 6. The van der Waals surface area contributed by atoms with Crippen molar-refractivity contribution in [1.29, 1.82) is 0 Å². The Labute approximate surface area is 157 Å². The molecule has 0 aliphatic carbocycles. The number of nitrogens with zero attached hydrogens (tertiary/aromatic N) is 1. The molecule has 0 bridgehead atoms. The highest BCUT2D eigenvalue weighted by atomic mass is 79.9. The van der Waals surface area contributed by atoms with Gasteiger partial charge in [0.25, 0.3) is 5.69 Å². The number of carbonyl (C=O) groups is 2. The maximum Gasteiger partial charge on any atom is 0.340 e. The van der Waals surface area contributed by atoms with Crippen LogP contribution >= 0.6 is 15.9 Å². The van der Waals surface area contributed by atoms with E-state index in [2.05, 4.69) is 31.3 Å². The molecule has 0 aromatic heterocycles. The van der Waals surface area contributed by atoms with Crippen molar-refractivity contribution in [2.24, 2.45) is 0 Å². The second kappa shape index (κ2) is 8.43. The first-order valence-electron chi connectivity index (χ1n) is 7.48. The molecule has 0 heterocycles. The van der Waals surface area contributed by atoms with Crippen LogP contribution in [0.4, 0.5) is 17.1 Å². The van der Waals surface area contributed by atoms with E-state index in [1.165, 1.54) is 19.2 Å². The second-order valence-corrected chi connectivity index (χ2v) is 6.26. The number of amides is 1. The SMILES string of the molecule is COC(=O)c1cc([N+](=O)[O-])ccc1NCC(=O)Nc1ccc(Br)cc1C. The Bertz CT molecular complexity index is 869. The van der Waals surface area contributed by atoms with Gasteiger partial charge in [-0.15, -0.1) is 0 Å². The summed E-state index contributed by atoms with van der Waals surface area (Å²) in [6, 6.07) is 9.15. The number of nitro benzene ring substituents is 1. The van der Waals surface area contributed by atoms with Gasteiger partial charge in [0.2, 0.25) is 5.91 Å². The van der Waals surface area contributed by atoms with Crippen molar-refractivity contribution in [2.45, 2.75) is 6.92 Å². The molecule has 0 fully saturated rings. The highest BCUT2D eigenvalue weighted by Gasteiger charge is 2.18. The average molecular weight is 422 g/mol. The molecule has 0 aliphatic heterocycles. The molecule has 136 valence electrons. The number of benzene rings is 2. The molecule has 0 saturated heterocycles. The smallest absolute Gasteiger partial charge is 0.340 e.